The molecule has 0 nitrogen and oxygen atoms in total. The maximum absolute atomic E-state index is 6.06. The van der Waals surface area contributed by atoms with Crippen LogP contribution in [0.5, 0.6) is 0 Å². The summed E-state index contributed by atoms with van der Waals surface area (Å²) in [5.41, 5.74) is 0.853. The summed E-state index contributed by atoms with van der Waals surface area (Å²) in [6.45, 7) is 6.21. The van der Waals surface area contributed by atoms with Crippen LogP contribution < -0.4 is 0 Å². The average Bonchev–Trinajstić information content (AvgIpc) is 2.01. The van der Waals surface area contributed by atoms with Crippen molar-refractivity contribution in [2.24, 2.45) is 5.41 Å². The zero-order valence-electron chi connectivity index (χ0n) is 8.40. The number of rotatable bonds is 1. The molecule has 0 saturated heterocycles. The van der Waals surface area contributed by atoms with E-state index >= 15 is 0 Å². The molecule has 1 rings (SSSR count). The van der Waals surface area contributed by atoms with Crippen molar-refractivity contribution in [2.45, 2.75) is 20.8 Å². The molecule has 0 saturated carbocycles. The molecular formula is C11H12Cl2S. The summed E-state index contributed by atoms with van der Waals surface area (Å²) in [4.78, 5) is 0.860. The van der Waals surface area contributed by atoms with E-state index in [0.29, 0.717) is 10.0 Å². The van der Waals surface area contributed by atoms with Crippen molar-refractivity contribution >= 4 is 40.3 Å². The van der Waals surface area contributed by atoms with Crippen LogP contribution in [0.1, 0.15) is 26.3 Å². The van der Waals surface area contributed by atoms with Crippen LogP contribution in [0, 0.1) is 5.41 Å². The highest BCUT2D eigenvalue weighted by molar-refractivity contribution is 7.81. The van der Waals surface area contributed by atoms with Crippen molar-refractivity contribution in [3.8, 4) is 0 Å². The van der Waals surface area contributed by atoms with Crippen LogP contribution in [0.25, 0.3) is 0 Å². The first-order chi connectivity index (χ1) is 6.32. The number of benzene rings is 1. The van der Waals surface area contributed by atoms with Crippen LogP contribution in [0.4, 0.5) is 0 Å². The van der Waals surface area contributed by atoms with Gasteiger partial charge in [-0.3, -0.25) is 0 Å². The van der Waals surface area contributed by atoms with Crippen molar-refractivity contribution in [1.82, 2.24) is 0 Å². The van der Waals surface area contributed by atoms with Gasteiger partial charge in [0.05, 0.1) is 5.02 Å². The van der Waals surface area contributed by atoms with E-state index in [4.69, 9.17) is 35.4 Å². The molecule has 0 aliphatic rings. The third kappa shape index (κ3) is 2.69. The molecule has 0 fully saturated rings. The van der Waals surface area contributed by atoms with Crippen LogP contribution >= 0.6 is 35.4 Å². The highest BCUT2D eigenvalue weighted by Gasteiger charge is 2.20. The molecule has 0 aromatic heterocycles. The minimum absolute atomic E-state index is 0.0488. The predicted octanol–water partition coefficient (Wildman–Crippen LogP) is 4.76. The van der Waals surface area contributed by atoms with Gasteiger partial charge in [0.25, 0.3) is 0 Å². The zero-order valence-corrected chi connectivity index (χ0v) is 10.7. The summed E-state index contributed by atoms with van der Waals surface area (Å²) < 4.78 is 0. The van der Waals surface area contributed by atoms with Gasteiger partial charge in [-0.2, -0.15) is 0 Å². The van der Waals surface area contributed by atoms with Crippen molar-refractivity contribution in [1.29, 1.82) is 0 Å². The topological polar surface area (TPSA) is 0 Å². The first-order valence-corrected chi connectivity index (χ1v) is 5.48. The largest absolute Gasteiger partial charge is 0.0843 e. The minimum Gasteiger partial charge on any atom is -0.0843 e. The quantitative estimate of drug-likeness (QED) is 0.509. The van der Waals surface area contributed by atoms with E-state index in [1.165, 1.54) is 0 Å². The maximum atomic E-state index is 6.06. The molecule has 0 unspecified atom stereocenters. The monoisotopic (exact) mass is 246 g/mol. The Hall–Kier alpha value is -0.110. The van der Waals surface area contributed by atoms with Gasteiger partial charge in [0.2, 0.25) is 0 Å². The molecule has 1 aromatic rings. The third-order valence-electron chi connectivity index (χ3n) is 1.86. The Kier molecular flexibility index (Phi) is 3.57. The first kappa shape index (κ1) is 12.0. The van der Waals surface area contributed by atoms with Gasteiger partial charge in [0.1, 0.15) is 0 Å². The van der Waals surface area contributed by atoms with E-state index in [1.807, 2.05) is 6.07 Å². The Morgan fingerprint density at radius 2 is 1.79 bits per heavy atom. The first-order valence-electron chi connectivity index (χ1n) is 4.32. The van der Waals surface area contributed by atoms with Gasteiger partial charge in [-0.25, -0.2) is 0 Å². The number of halogens is 2. The van der Waals surface area contributed by atoms with Crippen LogP contribution in [-0.2, 0) is 0 Å². The van der Waals surface area contributed by atoms with Crippen molar-refractivity contribution < 1.29 is 0 Å². The van der Waals surface area contributed by atoms with E-state index in [2.05, 4.69) is 20.8 Å². The van der Waals surface area contributed by atoms with Crippen LogP contribution in [-0.4, -0.2) is 4.86 Å². The predicted molar refractivity (Wildman–Crippen MR) is 67.6 cm³/mol. The van der Waals surface area contributed by atoms with Crippen molar-refractivity contribution in [3.63, 3.8) is 0 Å². The van der Waals surface area contributed by atoms with Crippen molar-refractivity contribution in [3.05, 3.63) is 33.8 Å². The molecule has 0 radical (unpaired) electrons. The molecule has 3 heteroatoms. The van der Waals surface area contributed by atoms with Crippen LogP contribution in [0.2, 0.25) is 10.0 Å². The lowest BCUT2D eigenvalue weighted by Gasteiger charge is -2.20. The summed E-state index contributed by atoms with van der Waals surface area (Å²) in [6.07, 6.45) is 0. The Labute approximate surface area is 100 Å². The second kappa shape index (κ2) is 4.18. The Morgan fingerprint density at radius 1 is 1.21 bits per heavy atom. The van der Waals surface area contributed by atoms with Gasteiger partial charge >= 0.3 is 0 Å². The van der Waals surface area contributed by atoms with Gasteiger partial charge in [-0.05, 0) is 17.5 Å². The second-order valence-electron chi connectivity index (χ2n) is 4.20. The van der Waals surface area contributed by atoms with Gasteiger partial charge in [0.15, 0.2) is 0 Å². The molecule has 0 N–H and O–H groups in total. The Bertz CT molecular complexity index is 364. The molecule has 0 bridgehead atoms. The molecule has 76 valence electrons. The van der Waals surface area contributed by atoms with Gasteiger partial charge in [0, 0.05) is 15.5 Å². The Balaban J connectivity index is 3.15. The van der Waals surface area contributed by atoms with Gasteiger partial charge < -0.3 is 0 Å². The lowest BCUT2D eigenvalue weighted by molar-refractivity contribution is 0.602. The molecule has 0 aliphatic carbocycles. The fourth-order valence-electron chi connectivity index (χ4n) is 1.08. The summed E-state index contributed by atoms with van der Waals surface area (Å²) in [5, 5.41) is 1.26. The lowest BCUT2D eigenvalue weighted by Crippen LogP contribution is -2.19. The van der Waals surface area contributed by atoms with Crippen LogP contribution in [0.15, 0.2) is 18.2 Å². The SMILES string of the molecule is CC(C)(C)C(=S)c1ccc(Cl)cc1Cl. The summed E-state index contributed by atoms with van der Waals surface area (Å²) in [5.74, 6) is 0. The molecule has 14 heavy (non-hydrogen) atoms. The zero-order chi connectivity index (χ0) is 10.9. The second-order valence-corrected chi connectivity index (χ2v) is 5.46. The molecule has 0 heterocycles. The lowest BCUT2D eigenvalue weighted by atomic mass is 9.88. The van der Waals surface area contributed by atoms with E-state index in [9.17, 15) is 0 Å². The highest BCUT2D eigenvalue weighted by Crippen LogP contribution is 2.28. The fourth-order valence-corrected chi connectivity index (χ4v) is 1.81. The van der Waals surface area contributed by atoms with E-state index in [-0.39, 0.29) is 5.41 Å². The summed E-state index contributed by atoms with van der Waals surface area (Å²) >= 11 is 17.2. The number of hydrogen-bond donors (Lipinski definition) is 0. The summed E-state index contributed by atoms with van der Waals surface area (Å²) in [6, 6.07) is 5.40. The van der Waals surface area contributed by atoms with E-state index < -0.39 is 0 Å². The van der Waals surface area contributed by atoms with Crippen molar-refractivity contribution in [2.75, 3.05) is 0 Å². The standard InChI is InChI=1S/C11H12Cl2S/c1-11(2,3)10(14)8-5-4-7(12)6-9(8)13/h4-6H,1-3H3. The minimum atomic E-state index is -0.0488. The van der Waals surface area contributed by atoms with Crippen LogP contribution in [0.3, 0.4) is 0 Å². The van der Waals surface area contributed by atoms with Gasteiger partial charge in [-0.1, -0.05) is 62.3 Å². The third-order valence-corrected chi connectivity index (χ3v) is 3.24. The smallest absolute Gasteiger partial charge is 0.0504 e. The van der Waals surface area contributed by atoms with E-state index in [0.717, 1.165) is 10.4 Å². The number of thiocarbonyl (C=S) groups is 1. The molecule has 0 atom stereocenters. The molecule has 0 aliphatic heterocycles. The fraction of sp³-hybridized carbons (Fsp3) is 0.364. The van der Waals surface area contributed by atoms with Gasteiger partial charge in [-0.15, -0.1) is 0 Å². The summed E-state index contributed by atoms with van der Waals surface area (Å²) in [7, 11) is 0. The highest BCUT2D eigenvalue weighted by atomic mass is 35.5. The number of hydrogen-bond acceptors (Lipinski definition) is 1. The molecule has 0 spiro atoms. The maximum Gasteiger partial charge on any atom is 0.0504 e. The molecule has 0 amide bonds. The van der Waals surface area contributed by atoms with E-state index in [1.54, 1.807) is 12.1 Å². The Morgan fingerprint density at radius 3 is 2.21 bits per heavy atom. The molecule has 1 aromatic carbocycles. The average molecular weight is 247 g/mol. The molecular weight excluding hydrogens is 235 g/mol. The normalized spacial score (nSPS) is 11.5.